The summed E-state index contributed by atoms with van der Waals surface area (Å²) in [6, 6.07) is 4.85. The van der Waals surface area contributed by atoms with Crippen LogP contribution >= 0.6 is 0 Å². The lowest BCUT2D eigenvalue weighted by atomic mass is 10.1. The number of hydrogen-bond acceptors (Lipinski definition) is 4. The standard InChI is InChI=1S/C18H19F4N3O/c1-11(12-2-3-16(18(21)22)23-10-12)24-13-8-14(19)17(15(20)9-13)25-4-6-26-7-5-25/h2-3,8-11,18,24H,4-7H2,1H3. The normalized spacial score (nSPS) is 16.0. The van der Waals surface area contributed by atoms with Gasteiger partial charge in [0.25, 0.3) is 6.43 Å². The largest absolute Gasteiger partial charge is 0.378 e. The van der Waals surface area contributed by atoms with Crippen LogP contribution in [0.25, 0.3) is 0 Å². The van der Waals surface area contributed by atoms with Gasteiger partial charge in [-0.15, -0.1) is 0 Å². The van der Waals surface area contributed by atoms with Gasteiger partial charge in [-0.05, 0) is 30.7 Å². The smallest absolute Gasteiger partial charge is 0.280 e. The molecule has 1 saturated heterocycles. The number of nitrogens with one attached hydrogen (secondary N) is 1. The van der Waals surface area contributed by atoms with Crippen LogP contribution in [-0.2, 0) is 4.74 Å². The third kappa shape index (κ3) is 4.07. The van der Waals surface area contributed by atoms with E-state index in [1.54, 1.807) is 11.8 Å². The van der Waals surface area contributed by atoms with E-state index < -0.39 is 18.1 Å². The summed E-state index contributed by atoms with van der Waals surface area (Å²) >= 11 is 0. The van der Waals surface area contributed by atoms with Gasteiger partial charge < -0.3 is 15.0 Å². The third-order valence-corrected chi connectivity index (χ3v) is 4.26. The predicted octanol–water partition coefficient (Wildman–Crippen LogP) is 4.31. The number of pyridine rings is 1. The van der Waals surface area contributed by atoms with Gasteiger partial charge in [0.2, 0.25) is 0 Å². The number of ether oxygens (including phenoxy) is 1. The summed E-state index contributed by atoms with van der Waals surface area (Å²) in [7, 11) is 0. The van der Waals surface area contributed by atoms with Crippen molar-refractivity contribution < 1.29 is 22.3 Å². The van der Waals surface area contributed by atoms with Crippen molar-refractivity contribution in [2.75, 3.05) is 36.5 Å². The zero-order valence-electron chi connectivity index (χ0n) is 14.2. The average molecular weight is 369 g/mol. The molecule has 0 saturated carbocycles. The Morgan fingerprint density at radius 3 is 2.31 bits per heavy atom. The Labute approximate surface area is 148 Å². The SMILES string of the molecule is CC(Nc1cc(F)c(N2CCOCC2)c(F)c1)c1ccc(C(F)F)nc1. The molecule has 2 heterocycles. The molecule has 0 spiro atoms. The molecule has 1 fully saturated rings. The van der Waals surface area contributed by atoms with E-state index in [0.717, 1.165) is 0 Å². The molecular weight excluding hydrogens is 350 g/mol. The summed E-state index contributed by atoms with van der Waals surface area (Å²) in [6.07, 6.45) is -1.31. The van der Waals surface area contributed by atoms with Crippen molar-refractivity contribution in [3.63, 3.8) is 0 Å². The van der Waals surface area contributed by atoms with Gasteiger partial charge in [0.05, 0.1) is 19.3 Å². The summed E-state index contributed by atoms with van der Waals surface area (Å²) in [4.78, 5) is 5.31. The van der Waals surface area contributed by atoms with Gasteiger partial charge >= 0.3 is 0 Å². The minimum Gasteiger partial charge on any atom is -0.378 e. The predicted molar refractivity (Wildman–Crippen MR) is 90.6 cm³/mol. The Morgan fingerprint density at radius 2 is 1.77 bits per heavy atom. The number of aromatic nitrogens is 1. The Hall–Kier alpha value is -2.35. The summed E-state index contributed by atoms with van der Waals surface area (Å²) in [5, 5.41) is 2.97. The number of rotatable bonds is 5. The molecule has 140 valence electrons. The average Bonchev–Trinajstić information content (AvgIpc) is 2.62. The molecule has 1 N–H and O–H groups in total. The van der Waals surface area contributed by atoms with Crippen molar-refractivity contribution in [2.45, 2.75) is 19.4 Å². The molecule has 0 aliphatic carbocycles. The Morgan fingerprint density at radius 1 is 1.12 bits per heavy atom. The van der Waals surface area contributed by atoms with E-state index in [2.05, 4.69) is 10.3 Å². The van der Waals surface area contributed by atoms with Gasteiger partial charge in [0.15, 0.2) is 11.6 Å². The fourth-order valence-corrected chi connectivity index (χ4v) is 2.87. The molecule has 1 aliphatic heterocycles. The highest BCUT2D eigenvalue weighted by Gasteiger charge is 2.21. The lowest BCUT2D eigenvalue weighted by Crippen LogP contribution is -2.37. The van der Waals surface area contributed by atoms with E-state index in [0.29, 0.717) is 31.9 Å². The van der Waals surface area contributed by atoms with E-state index in [4.69, 9.17) is 4.74 Å². The van der Waals surface area contributed by atoms with E-state index in [9.17, 15) is 17.6 Å². The third-order valence-electron chi connectivity index (χ3n) is 4.26. The summed E-state index contributed by atoms with van der Waals surface area (Å²) in [5.74, 6) is -1.32. The second-order valence-corrected chi connectivity index (χ2v) is 6.07. The second kappa shape index (κ2) is 7.90. The van der Waals surface area contributed by atoms with Crippen molar-refractivity contribution in [1.29, 1.82) is 0 Å². The lowest BCUT2D eigenvalue weighted by Gasteiger charge is -2.29. The first-order chi connectivity index (χ1) is 12.5. The molecule has 1 aliphatic rings. The van der Waals surface area contributed by atoms with E-state index in [-0.39, 0.29) is 23.1 Å². The van der Waals surface area contributed by atoms with Crippen molar-refractivity contribution >= 4 is 11.4 Å². The molecule has 3 rings (SSSR count). The Kier molecular flexibility index (Phi) is 5.61. The highest BCUT2D eigenvalue weighted by molar-refractivity contribution is 5.58. The highest BCUT2D eigenvalue weighted by atomic mass is 19.3. The minimum atomic E-state index is -2.64. The minimum absolute atomic E-state index is 0.0607. The van der Waals surface area contributed by atoms with Crippen LogP contribution in [0, 0.1) is 11.6 Å². The second-order valence-electron chi connectivity index (χ2n) is 6.07. The number of hydrogen-bond donors (Lipinski definition) is 1. The van der Waals surface area contributed by atoms with Crippen LogP contribution in [0.1, 0.15) is 30.6 Å². The fraction of sp³-hybridized carbons (Fsp3) is 0.389. The maximum Gasteiger partial charge on any atom is 0.280 e. The lowest BCUT2D eigenvalue weighted by molar-refractivity contribution is 0.122. The van der Waals surface area contributed by atoms with E-state index in [1.807, 2.05) is 0 Å². The summed E-state index contributed by atoms with van der Waals surface area (Å²) < 4.78 is 59.2. The fourth-order valence-electron chi connectivity index (χ4n) is 2.87. The molecule has 0 radical (unpaired) electrons. The molecule has 4 nitrogen and oxygen atoms in total. The van der Waals surface area contributed by atoms with Gasteiger partial charge in [-0.25, -0.2) is 17.6 Å². The van der Waals surface area contributed by atoms with Gasteiger partial charge in [0, 0.05) is 25.0 Å². The maximum atomic E-state index is 14.4. The maximum absolute atomic E-state index is 14.4. The molecule has 1 unspecified atom stereocenters. The van der Waals surface area contributed by atoms with Crippen LogP contribution in [0.4, 0.5) is 28.9 Å². The van der Waals surface area contributed by atoms with Gasteiger partial charge in [-0.1, -0.05) is 6.07 Å². The van der Waals surface area contributed by atoms with Crippen LogP contribution in [0.5, 0.6) is 0 Å². The zero-order chi connectivity index (χ0) is 18.7. The number of nitrogens with zero attached hydrogens (tertiary/aromatic N) is 2. The number of halogens is 4. The van der Waals surface area contributed by atoms with E-state index in [1.165, 1.54) is 30.5 Å². The number of morpholine rings is 1. The van der Waals surface area contributed by atoms with Gasteiger partial charge in [-0.3, -0.25) is 4.98 Å². The number of alkyl halides is 2. The summed E-state index contributed by atoms with van der Waals surface area (Å²) in [5.41, 5.74) is 0.525. The van der Waals surface area contributed by atoms with Crippen molar-refractivity contribution in [3.8, 4) is 0 Å². The van der Waals surface area contributed by atoms with Crippen molar-refractivity contribution in [1.82, 2.24) is 4.98 Å². The molecular formula is C18H19F4N3O. The number of benzene rings is 1. The molecule has 8 heteroatoms. The van der Waals surface area contributed by atoms with Crippen LogP contribution in [-0.4, -0.2) is 31.3 Å². The molecule has 2 aromatic rings. The molecule has 0 amide bonds. The molecule has 1 aromatic carbocycles. The van der Waals surface area contributed by atoms with Crippen LogP contribution in [0.15, 0.2) is 30.5 Å². The topological polar surface area (TPSA) is 37.4 Å². The van der Waals surface area contributed by atoms with E-state index >= 15 is 0 Å². The van der Waals surface area contributed by atoms with Crippen LogP contribution < -0.4 is 10.2 Å². The Balaban J connectivity index is 1.75. The molecule has 1 aromatic heterocycles. The Bertz CT molecular complexity index is 726. The van der Waals surface area contributed by atoms with Crippen LogP contribution in [0.3, 0.4) is 0 Å². The molecule has 26 heavy (non-hydrogen) atoms. The van der Waals surface area contributed by atoms with Gasteiger partial charge in [0.1, 0.15) is 11.4 Å². The van der Waals surface area contributed by atoms with Gasteiger partial charge in [-0.2, -0.15) is 0 Å². The quantitative estimate of drug-likeness (QED) is 0.797. The monoisotopic (exact) mass is 369 g/mol. The van der Waals surface area contributed by atoms with Crippen LogP contribution in [0.2, 0.25) is 0 Å². The molecule has 1 atom stereocenters. The highest BCUT2D eigenvalue weighted by Crippen LogP contribution is 2.29. The molecule has 0 bridgehead atoms. The summed E-state index contributed by atoms with van der Waals surface area (Å²) in [6.45, 7) is 3.47. The van der Waals surface area contributed by atoms with Crippen molar-refractivity contribution in [3.05, 3.63) is 53.4 Å². The number of anilines is 2. The first-order valence-corrected chi connectivity index (χ1v) is 8.28. The first-order valence-electron chi connectivity index (χ1n) is 8.28. The zero-order valence-corrected chi connectivity index (χ0v) is 14.2. The first kappa shape index (κ1) is 18.4. The van der Waals surface area contributed by atoms with Crippen molar-refractivity contribution in [2.24, 2.45) is 0 Å².